The van der Waals surface area contributed by atoms with Crippen molar-refractivity contribution in [2.45, 2.75) is 38.0 Å². The number of benzene rings is 2. The molecule has 0 atom stereocenters. The first-order valence-electron chi connectivity index (χ1n) is 11.2. The predicted octanol–water partition coefficient (Wildman–Crippen LogP) is 4.72. The molecule has 2 heterocycles. The lowest BCUT2D eigenvalue weighted by Gasteiger charge is -2.28. The molecule has 0 saturated carbocycles. The first kappa shape index (κ1) is 22.8. The molecule has 2 aromatic carbocycles. The van der Waals surface area contributed by atoms with Gasteiger partial charge in [-0.25, -0.2) is 18.4 Å². The van der Waals surface area contributed by atoms with Gasteiger partial charge in [0.2, 0.25) is 0 Å². The van der Waals surface area contributed by atoms with Crippen molar-refractivity contribution in [3.63, 3.8) is 0 Å². The number of piperidine rings is 1. The molecule has 1 fully saturated rings. The average Bonchev–Trinajstić information content (AvgIpc) is 2.81. The summed E-state index contributed by atoms with van der Waals surface area (Å²) in [4.78, 5) is 11.6. The molecule has 0 spiro atoms. The molecule has 0 unspecified atom stereocenters. The van der Waals surface area contributed by atoms with Crippen LogP contribution in [-0.4, -0.2) is 38.1 Å². The Morgan fingerprint density at radius 2 is 1.61 bits per heavy atom. The first-order chi connectivity index (χ1) is 15.9. The topological polar surface area (TPSA) is 96.5 Å². The standard InChI is InChI=1S/C24H29N5O3S/c1-3-32-21-11-13-22(14-12-21)33(30,31)28-20-9-7-19(8-10-20)27-23-17-24(26-18(2)25-23)29-15-5-4-6-16-29/h7-14,17,28H,3-6,15-16H2,1-2H3,(H,25,26,27). The van der Waals surface area contributed by atoms with E-state index in [2.05, 4.69) is 24.9 Å². The Labute approximate surface area is 195 Å². The third kappa shape index (κ3) is 5.92. The minimum absolute atomic E-state index is 0.176. The Kier molecular flexibility index (Phi) is 6.98. The van der Waals surface area contributed by atoms with E-state index in [0.29, 0.717) is 29.7 Å². The van der Waals surface area contributed by atoms with E-state index in [-0.39, 0.29) is 4.90 Å². The maximum absolute atomic E-state index is 12.7. The number of anilines is 4. The van der Waals surface area contributed by atoms with Crippen LogP contribution in [0.5, 0.6) is 5.75 Å². The van der Waals surface area contributed by atoms with Crippen molar-refractivity contribution < 1.29 is 13.2 Å². The van der Waals surface area contributed by atoms with Gasteiger partial charge < -0.3 is 15.0 Å². The maximum Gasteiger partial charge on any atom is 0.261 e. The van der Waals surface area contributed by atoms with E-state index < -0.39 is 10.0 Å². The zero-order valence-electron chi connectivity index (χ0n) is 18.9. The van der Waals surface area contributed by atoms with Gasteiger partial charge in [0.25, 0.3) is 10.0 Å². The van der Waals surface area contributed by atoms with Crippen LogP contribution in [-0.2, 0) is 10.0 Å². The van der Waals surface area contributed by atoms with E-state index >= 15 is 0 Å². The Balaban J connectivity index is 1.43. The minimum Gasteiger partial charge on any atom is -0.494 e. The quantitative estimate of drug-likeness (QED) is 0.495. The van der Waals surface area contributed by atoms with Crippen molar-refractivity contribution >= 4 is 33.0 Å². The highest BCUT2D eigenvalue weighted by atomic mass is 32.2. The normalized spacial score (nSPS) is 14.1. The fraction of sp³-hybridized carbons (Fsp3) is 0.333. The van der Waals surface area contributed by atoms with Crippen molar-refractivity contribution in [3.05, 3.63) is 60.4 Å². The number of rotatable bonds is 8. The second-order valence-electron chi connectivity index (χ2n) is 7.92. The van der Waals surface area contributed by atoms with Gasteiger partial charge in [-0.05, 0) is 81.6 Å². The molecule has 0 aliphatic carbocycles. The third-order valence-corrected chi connectivity index (χ3v) is 6.76. The lowest BCUT2D eigenvalue weighted by molar-refractivity contribution is 0.340. The highest BCUT2D eigenvalue weighted by Crippen LogP contribution is 2.24. The summed E-state index contributed by atoms with van der Waals surface area (Å²) >= 11 is 0. The number of nitrogens with one attached hydrogen (secondary N) is 2. The first-order valence-corrected chi connectivity index (χ1v) is 12.6. The highest BCUT2D eigenvalue weighted by molar-refractivity contribution is 7.92. The lowest BCUT2D eigenvalue weighted by Crippen LogP contribution is -2.30. The Bertz CT molecular complexity index is 1180. The summed E-state index contributed by atoms with van der Waals surface area (Å²) < 4.78 is 33.3. The Morgan fingerprint density at radius 1 is 0.939 bits per heavy atom. The van der Waals surface area contributed by atoms with Crippen molar-refractivity contribution in [1.29, 1.82) is 0 Å². The molecule has 4 rings (SSSR count). The van der Waals surface area contributed by atoms with E-state index in [0.717, 1.165) is 24.6 Å². The van der Waals surface area contributed by atoms with E-state index in [1.807, 2.05) is 32.0 Å². The highest BCUT2D eigenvalue weighted by Gasteiger charge is 2.15. The van der Waals surface area contributed by atoms with Crippen LogP contribution in [0.25, 0.3) is 0 Å². The summed E-state index contributed by atoms with van der Waals surface area (Å²) in [7, 11) is -3.69. The summed E-state index contributed by atoms with van der Waals surface area (Å²) in [5.41, 5.74) is 1.28. The molecule has 8 nitrogen and oxygen atoms in total. The molecule has 1 aliphatic heterocycles. The summed E-state index contributed by atoms with van der Waals surface area (Å²) in [6, 6.07) is 15.4. The molecule has 3 aromatic rings. The molecule has 1 aliphatic rings. The van der Waals surface area contributed by atoms with Crippen molar-refractivity contribution in [2.75, 3.05) is 34.6 Å². The lowest BCUT2D eigenvalue weighted by atomic mass is 10.1. The number of hydrogen-bond donors (Lipinski definition) is 2. The van der Waals surface area contributed by atoms with E-state index in [1.54, 1.807) is 24.3 Å². The van der Waals surface area contributed by atoms with Crippen LogP contribution in [0.1, 0.15) is 32.0 Å². The monoisotopic (exact) mass is 467 g/mol. The number of hydrogen-bond acceptors (Lipinski definition) is 7. The molecule has 0 bridgehead atoms. The largest absolute Gasteiger partial charge is 0.494 e. The number of nitrogens with zero attached hydrogens (tertiary/aromatic N) is 3. The second-order valence-corrected chi connectivity index (χ2v) is 9.60. The van der Waals surface area contributed by atoms with E-state index in [9.17, 15) is 8.42 Å². The summed E-state index contributed by atoms with van der Waals surface area (Å²) in [6.45, 7) is 6.32. The average molecular weight is 468 g/mol. The van der Waals surface area contributed by atoms with Crippen LogP contribution in [0.2, 0.25) is 0 Å². The fourth-order valence-corrected chi connectivity index (χ4v) is 4.82. The molecular weight excluding hydrogens is 438 g/mol. The molecule has 2 N–H and O–H groups in total. The van der Waals surface area contributed by atoms with Gasteiger partial charge in [0.15, 0.2) is 0 Å². The Morgan fingerprint density at radius 3 is 2.27 bits per heavy atom. The summed E-state index contributed by atoms with van der Waals surface area (Å²) in [5, 5.41) is 3.30. The van der Waals surface area contributed by atoms with Gasteiger partial charge in [-0.2, -0.15) is 0 Å². The number of ether oxygens (including phenoxy) is 1. The second kappa shape index (κ2) is 10.1. The van der Waals surface area contributed by atoms with Crippen molar-refractivity contribution in [2.24, 2.45) is 0 Å². The molecule has 0 amide bonds. The third-order valence-electron chi connectivity index (χ3n) is 5.36. The summed E-state index contributed by atoms with van der Waals surface area (Å²) in [5.74, 6) is 2.99. The van der Waals surface area contributed by atoms with Gasteiger partial charge in [-0.15, -0.1) is 0 Å². The molecule has 174 valence electrons. The molecule has 33 heavy (non-hydrogen) atoms. The predicted molar refractivity (Wildman–Crippen MR) is 131 cm³/mol. The zero-order valence-corrected chi connectivity index (χ0v) is 19.7. The maximum atomic E-state index is 12.7. The number of aryl methyl sites for hydroxylation is 1. The Hall–Kier alpha value is -3.33. The number of sulfonamides is 1. The summed E-state index contributed by atoms with van der Waals surface area (Å²) in [6.07, 6.45) is 3.63. The van der Waals surface area contributed by atoms with E-state index in [4.69, 9.17) is 4.74 Å². The van der Waals surface area contributed by atoms with Gasteiger partial charge >= 0.3 is 0 Å². The van der Waals surface area contributed by atoms with Gasteiger partial charge in [-0.1, -0.05) is 0 Å². The zero-order chi connectivity index (χ0) is 23.3. The molecule has 0 radical (unpaired) electrons. The SMILES string of the molecule is CCOc1ccc(S(=O)(=O)Nc2ccc(Nc3cc(N4CCCCC4)nc(C)n3)cc2)cc1. The molecule has 1 saturated heterocycles. The molecule has 9 heteroatoms. The van der Waals surface area contributed by atoms with Crippen LogP contribution in [0, 0.1) is 6.92 Å². The molecule has 1 aromatic heterocycles. The van der Waals surface area contributed by atoms with Crippen LogP contribution in [0.3, 0.4) is 0 Å². The van der Waals surface area contributed by atoms with Gasteiger partial charge in [0.1, 0.15) is 23.2 Å². The van der Waals surface area contributed by atoms with Crippen LogP contribution >= 0.6 is 0 Å². The van der Waals surface area contributed by atoms with Gasteiger partial charge in [-0.3, -0.25) is 4.72 Å². The fourth-order valence-electron chi connectivity index (χ4n) is 3.77. The number of aromatic nitrogens is 2. The molecular formula is C24H29N5O3S. The van der Waals surface area contributed by atoms with Crippen LogP contribution < -0.4 is 19.7 Å². The van der Waals surface area contributed by atoms with Crippen molar-refractivity contribution in [1.82, 2.24) is 9.97 Å². The van der Waals surface area contributed by atoms with Gasteiger partial charge in [0, 0.05) is 30.5 Å². The van der Waals surface area contributed by atoms with E-state index in [1.165, 1.54) is 31.4 Å². The van der Waals surface area contributed by atoms with Gasteiger partial charge in [0.05, 0.1) is 11.5 Å². The van der Waals surface area contributed by atoms with Crippen LogP contribution in [0.4, 0.5) is 23.0 Å². The smallest absolute Gasteiger partial charge is 0.261 e. The minimum atomic E-state index is -3.69. The van der Waals surface area contributed by atoms with Crippen molar-refractivity contribution in [3.8, 4) is 5.75 Å². The van der Waals surface area contributed by atoms with Crippen LogP contribution in [0.15, 0.2) is 59.5 Å².